The van der Waals surface area contributed by atoms with Crippen molar-refractivity contribution in [2.45, 2.75) is 6.54 Å². The standard InChI is InChI=1S/C15H9N2OS/c1-2-6-11-10(5-1)13-15(19-11)18-14-12-9(8-17(13)14)4-3-7-16-12/h1-7H,8H2/q+1. The lowest BCUT2D eigenvalue weighted by Gasteiger charge is -1.88. The zero-order valence-electron chi connectivity index (χ0n) is 9.96. The van der Waals surface area contributed by atoms with Crippen molar-refractivity contribution in [3.05, 3.63) is 48.2 Å². The Kier molecular flexibility index (Phi) is 1.64. The van der Waals surface area contributed by atoms with Gasteiger partial charge in [0.05, 0.1) is 10.9 Å². The third kappa shape index (κ3) is 1.12. The average molecular weight is 265 g/mol. The summed E-state index contributed by atoms with van der Waals surface area (Å²) in [7, 11) is 0. The molecule has 4 heteroatoms. The van der Waals surface area contributed by atoms with Gasteiger partial charge in [-0.15, -0.1) is 4.57 Å². The summed E-state index contributed by atoms with van der Waals surface area (Å²) >= 11 is 1.71. The van der Waals surface area contributed by atoms with Gasteiger partial charge in [0.1, 0.15) is 0 Å². The van der Waals surface area contributed by atoms with E-state index in [2.05, 4.69) is 39.9 Å². The molecule has 0 amide bonds. The first-order valence-corrected chi connectivity index (χ1v) is 7.01. The summed E-state index contributed by atoms with van der Waals surface area (Å²) in [5.74, 6) is 0.891. The van der Waals surface area contributed by atoms with Crippen molar-refractivity contribution in [2.75, 3.05) is 0 Å². The zero-order chi connectivity index (χ0) is 12.4. The first-order chi connectivity index (χ1) is 9.42. The molecule has 0 atom stereocenters. The van der Waals surface area contributed by atoms with Crippen LogP contribution in [-0.2, 0) is 6.54 Å². The lowest BCUT2D eigenvalue weighted by Crippen LogP contribution is -2.30. The van der Waals surface area contributed by atoms with Crippen LogP contribution in [0.5, 0.6) is 0 Å². The number of fused-ring (bicyclic) bond motifs is 7. The molecule has 0 aliphatic carbocycles. The summed E-state index contributed by atoms with van der Waals surface area (Å²) < 4.78 is 9.56. The zero-order valence-corrected chi connectivity index (χ0v) is 10.8. The molecule has 0 unspecified atom stereocenters. The molecule has 1 aromatic carbocycles. The Hall–Kier alpha value is -2.20. The second-order valence-electron chi connectivity index (χ2n) is 4.74. The molecule has 0 N–H and O–H groups in total. The van der Waals surface area contributed by atoms with Crippen LogP contribution < -0.4 is 4.57 Å². The van der Waals surface area contributed by atoms with Crippen LogP contribution in [-0.4, -0.2) is 4.98 Å². The molecule has 3 aromatic heterocycles. The van der Waals surface area contributed by atoms with E-state index in [1.807, 2.05) is 12.3 Å². The van der Waals surface area contributed by atoms with Crippen molar-refractivity contribution < 1.29 is 8.98 Å². The molecule has 1 aliphatic heterocycles. The highest BCUT2D eigenvalue weighted by atomic mass is 32.1. The Balaban J connectivity index is 1.94. The van der Waals surface area contributed by atoms with Crippen molar-refractivity contribution in [2.24, 2.45) is 0 Å². The van der Waals surface area contributed by atoms with Gasteiger partial charge in [-0.25, -0.2) is 4.98 Å². The molecule has 0 spiro atoms. The number of hydrogen-bond acceptors (Lipinski definition) is 3. The quantitative estimate of drug-likeness (QED) is 0.402. The molecule has 4 aromatic rings. The second kappa shape index (κ2) is 3.22. The molecule has 0 saturated carbocycles. The third-order valence-corrected chi connectivity index (χ3v) is 4.70. The van der Waals surface area contributed by atoms with Crippen LogP contribution in [0.15, 0.2) is 47.0 Å². The van der Waals surface area contributed by atoms with E-state index in [9.17, 15) is 0 Å². The van der Waals surface area contributed by atoms with E-state index in [1.165, 1.54) is 21.2 Å². The monoisotopic (exact) mass is 265 g/mol. The predicted molar refractivity (Wildman–Crippen MR) is 74.1 cm³/mol. The predicted octanol–water partition coefficient (Wildman–Crippen LogP) is 3.36. The number of hydrogen-bond donors (Lipinski definition) is 0. The minimum atomic E-state index is 0.853. The molecule has 19 heavy (non-hydrogen) atoms. The summed E-state index contributed by atoms with van der Waals surface area (Å²) in [4.78, 5) is 5.44. The van der Waals surface area contributed by atoms with E-state index >= 15 is 0 Å². The van der Waals surface area contributed by atoms with E-state index in [4.69, 9.17) is 4.42 Å². The highest BCUT2D eigenvalue weighted by Gasteiger charge is 2.36. The van der Waals surface area contributed by atoms with Crippen LogP contribution in [0.4, 0.5) is 0 Å². The molecule has 5 rings (SSSR count). The van der Waals surface area contributed by atoms with Gasteiger partial charge in [-0.3, -0.25) is 0 Å². The third-order valence-electron chi connectivity index (χ3n) is 3.66. The minimum Gasteiger partial charge on any atom is -0.385 e. The van der Waals surface area contributed by atoms with Crippen LogP contribution in [0.2, 0.25) is 0 Å². The maximum atomic E-state index is 6.04. The molecular weight excluding hydrogens is 256 g/mol. The highest BCUT2D eigenvalue weighted by molar-refractivity contribution is 7.25. The van der Waals surface area contributed by atoms with Crippen LogP contribution in [0, 0.1) is 0 Å². The molecular formula is C15H9N2OS+. The smallest absolute Gasteiger partial charge is 0.385 e. The summed E-state index contributed by atoms with van der Waals surface area (Å²) in [5, 5.41) is 1.27. The Morgan fingerprint density at radius 1 is 1.16 bits per heavy atom. The van der Waals surface area contributed by atoms with Gasteiger partial charge in [-0.1, -0.05) is 23.5 Å². The van der Waals surface area contributed by atoms with Gasteiger partial charge < -0.3 is 4.42 Å². The first kappa shape index (κ1) is 9.69. The second-order valence-corrected chi connectivity index (χ2v) is 5.75. The Bertz CT molecular complexity index is 951. The number of nitrogens with zero attached hydrogens (tertiary/aromatic N) is 2. The minimum absolute atomic E-state index is 0.853. The van der Waals surface area contributed by atoms with E-state index in [0.29, 0.717) is 0 Å². The van der Waals surface area contributed by atoms with Crippen molar-refractivity contribution in [3.8, 4) is 11.6 Å². The number of pyridine rings is 1. The Labute approximate surface area is 112 Å². The maximum absolute atomic E-state index is 6.04. The van der Waals surface area contributed by atoms with E-state index in [-0.39, 0.29) is 0 Å². The first-order valence-electron chi connectivity index (χ1n) is 6.20. The molecule has 1 aliphatic rings. The van der Waals surface area contributed by atoms with Gasteiger partial charge in [-0.2, -0.15) is 0 Å². The molecule has 4 heterocycles. The molecule has 0 bridgehead atoms. The Morgan fingerprint density at radius 2 is 2.11 bits per heavy atom. The fourth-order valence-electron chi connectivity index (χ4n) is 2.83. The number of aromatic nitrogens is 2. The lowest BCUT2D eigenvalue weighted by molar-refractivity contribution is -0.648. The van der Waals surface area contributed by atoms with Gasteiger partial charge in [0.15, 0.2) is 12.2 Å². The summed E-state index contributed by atoms with van der Waals surface area (Å²) in [6, 6.07) is 12.5. The molecule has 3 nitrogen and oxygen atoms in total. The van der Waals surface area contributed by atoms with Crippen LogP contribution in [0.3, 0.4) is 0 Å². The summed E-state index contributed by atoms with van der Waals surface area (Å²) in [6.07, 6.45) is 1.82. The van der Waals surface area contributed by atoms with Gasteiger partial charge in [0, 0.05) is 10.9 Å². The molecule has 0 fully saturated rings. The summed E-state index contributed by atoms with van der Waals surface area (Å²) in [6.45, 7) is 0.853. The Morgan fingerprint density at radius 3 is 3.11 bits per heavy atom. The van der Waals surface area contributed by atoms with Gasteiger partial charge in [0.2, 0.25) is 0 Å². The van der Waals surface area contributed by atoms with E-state index in [0.717, 1.165) is 23.0 Å². The van der Waals surface area contributed by atoms with Crippen molar-refractivity contribution in [3.63, 3.8) is 0 Å². The number of benzene rings is 1. The molecule has 0 saturated heterocycles. The molecule has 90 valence electrons. The van der Waals surface area contributed by atoms with Gasteiger partial charge in [-0.05, 0) is 24.3 Å². The van der Waals surface area contributed by atoms with Crippen molar-refractivity contribution in [1.82, 2.24) is 4.98 Å². The highest BCUT2D eigenvalue weighted by Crippen LogP contribution is 2.37. The van der Waals surface area contributed by atoms with Crippen LogP contribution in [0.1, 0.15) is 5.56 Å². The number of oxazole rings is 1. The number of rotatable bonds is 0. The normalized spacial score (nSPS) is 13.1. The number of thiophene rings is 1. The maximum Gasteiger partial charge on any atom is 0.402 e. The van der Waals surface area contributed by atoms with E-state index in [1.54, 1.807) is 11.3 Å². The van der Waals surface area contributed by atoms with Crippen LogP contribution in [0.25, 0.3) is 32.1 Å². The average Bonchev–Trinajstić information content (AvgIpc) is 3.05. The molecule has 0 radical (unpaired) electrons. The fourth-order valence-corrected chi connectivity index (χ4v) is 3.89. The SMILES string of the molecule is c1cnc2c(c1)C[n+]1c-2oc2sc3ccccc3c21. The topological polar surface area (TPSA) is 29.9 Å². The van der Waals surface area contributed by atoms with Gasteiger partial charge in [0.25, 0.3) is 10.4 Å². The van der Waals surface area contributed by atoms with Crippen LogP contribution >= 0.6 is 11.3 Å². The van der Waals surface area contributed by atoms with Gasteiger partial charge >= 0.3 is 5.89 Å². The summed E-state index contributed by atoms with van der Waals surface area (Å²) in [5.41, 5.74) is 3.42. The lowest BCUT2D eigenvalue weighted by atomic mass is 10.2. The fraction of sp³-hybridized carbons (Fsp3) is 0.0667. The van der Waals surface area contributed by atoms with Crippen molar-refractivity contribution >= 4 is 31.8 Å². The van der Waals surface area contributed by atoms with Crippen molar-refractivity contribution in [1.29, 1.82) is 0 Å². The van der Waals surface area contributed by atoms with E-state index < -0.39 is 0 Å². The largest absolute Gasteiger partial charge is 0.402 e.